The Labute approximate surface area is 222 Å². The van der Waals surface area contributed by atoms with E-state index in [0.717, 1.165) is 51.0 Å². The molecule has 1 fully saturated rings. The number of nitrogens with one attached hydrogen (secondary N) is 1. The molecule has 6 rings (SSSR count). The number of ether oxygens (including phenoxy) is 1. The maximum absolute atomic E-state index is 12.4. The van der Waals surface area contributed by atoms with Crippen LogP contribution in [0.15, 0.2) is 77.9 Å². The fourth-order valence-electron chi connectivity index (χ4n) is 5.86. The molecule has 0 saturated carbocycles. The van der Waals surface area contributed by atoms with Gasteiger partial charge < -0.3 is 14.3 Å². The second kappa shape index (κ2) is 10.1. The molecule has 194 valence electrons. The third kappa shape index (κ3) is 4.61. The van der Waals surface area contributed by atoms with Crippen molar-refractivity contribution in [3.63, 3.8) is 0 Å². The topological polar surface area (TPSA) is 63.1 Å². The number of nitrogens with zero attached hydrogens (tertiary/aromatic N) is 3. The minimum Gasteiger partial charge on any atom is -0.492 e. The van der Waals surface area contributed by atoms with E-state index in [1.54, 1.807) is 17.8 Å². The first-order valence-corrected chi connectivity index (χ1v) is 13.5. The summed E-state index contributed by atoms with van der Waals surface area (Å²) < 4.78 is 7.69. The van der Waals surface area contributed by atoms with E-state index in [-0.39, 0.29) is 5.56 Å². The highest BCUT2D eigenvalue weighted by atomic mass is 16.5. The van der Waals surface area contributed by atoms with Crippen LogP contribution < -0.4 is 10.3 Å². The second-order valence-electron chi connectivity index (χ2n) is 10.6. The first-order chi connectivity index (χ1) is 18.5. The van der Waals surface area contributed by atoms with Crippen LogP contribution in [0, 0.1) is 0 Å². The number of aryl methyl sites for hydroxylation is 1. The summed E-state index contributed by atoms with van der Waals surface area (Å²) in [7, 11) is 1.77. The van der Waals surface area contributed by atoms with E-state index in [1.165, 1.54) is 19.3 Å². The van der Waals surface area contributed by atoms with Gasteiger partial charge in [-0.1, -0.05) is 30.7 Å². The summed E-state index contributed by atoms with van der Waals surface area (Å²) >= 11 is 0. The number of piperidine rings is 1. The van der Waals surface area contributed by atoms with Crippen molar-refractivity contribution in [3.05, 3.63) is 83.4 Å². The average molecular weight is 507 g/mol. The first-order valence-electron chi connectivity index (χ1n) is 13.5. The minimum absolute atomic E-state index is 0.0400. The van der Waals surface area contributed by atoms with E-state index in [1.807, 2.05) is 18.3 Å². The maximum atomic E-state index is 12.4. The Morgan fingerprint density at radius 2 is 1.74 bits per heavy atom. The molecule has 0 radical (unpaired) electrons. The number of aromatic amines is 1. The van der Waals surface area contributed by atoms with Crippen LogP contribution in [0.4, 0.5) is 0 Å². The van der Waals surface area contributed by atoms with Gasteiger partial charge in [-0.3, -0.25) is 9.69 Å². The highest BCUT2D eigenvalue weighted by Crippen LogP contribution is 2.30. The van der Waals surface area contributed by atoms with Crippen LogP contribution in [0.2, 0.25) is 0 Å². The van der Waals surface area contributed by atoms with Crippen LogP contribution in [0.25, 0.3) is 44.2 Å². The first kappa shape index (κ1) is 24.4. The fourth-order valence-corrected chi connectivity index (χ4v) is 5.86. The molecule has 0 spiro atoms. The van der Waals surface area contributed by atoms with Gasteiger partial charge in [0.15, 0.2) is 0 Å². The molecular weight excluding hydrogens is 472 g/mol. The Kier molecular flexibility index (Phi) is 6.50. The van der Waals surface area contributed by atoms with Gasteiger partial charge >= 0.3 is 0 Å². The van der Waals surface area contributed by atoms with Gasteiger partial charge in [0.05, 0.1) is 11.2 Å². The van der Waals surface area contributed by atoms with Crippen LogP contribution in [0.5, 0.6) is 5.75 Å². The lowest BCUT2D eigenvalue weighted by Gasteiger charge is -2.38. The second-order valence-corrected chi connectivity index (χ2v) is 10.6. The zero-order valence-corrected chi connectivity index (χ0v) is 22.3. The summed E-state index contributed by atoms with van der Waals surface area (Å²) in [6.07, 6.45) is 7.56. The van der Waals surface area contributed by atoms with Crippen molar-refractivity contribution < 1.29 is 4.74 Å². The van der Waals surface area contributed by atoms with Gasteiger partial charge in [0, 0.05) is 54.4 Å². The number of aromatic nitrogens is 3. The van der Waals surface area contributed by atoms with Crippen molar-refractivity contribution in [2.24, 2.45) is 7.05 Å². The fraction of sp³-hybridized carbons (Fsp3) is 0.312. The molecule has 3 aromatic heterocycles. The third-order valence-corrected chi connectivity index (χ3v) is 8.04. The van der Waals surface area contributed by atoms with Crippen LogP contribution in [0.3, 0.4) is 0 Å². The van der Waals surface area contributed by atoms with E-state index in [9.17, 15) is 4.79 Å². The minimum atomic E-state index is -0.0400. The van der Waals surface area contributed by atoms with Gasteiger partial charge in [-0.2, -0.15) is 0 Å². The predicted octanol–water partition coefficient (Wildman–Crippen LogP) is 6.39. The molecule has 1 N–H and O–H groups in total. The Bertz CT molecular complexity index is 1640. The molecule has 5 aromatic rings. The molecule has 0 bridgehead atoms. The van der Waals surface area contributed by atoms with Gasteiger partial charge in [0.2, 0.25) is 0 Å². The Balaban J connectivity index is 1.18. The van der Waals surface area contributed by atoms with Crippen LogP contribution in [0.1, 0.15) is 33.1 Å². The Morgan fingerprint density at radius 3 is 2.53 bits per heavy atom. The van der Waals surface area contributed by atoms with E-state index in [2.05, 4.69) is 72.3 Å². The quantitative estimate of drug-likeness (QED) is 0.290. The van der Waals surface area contributed by atoms with E-state index >= 15 is 0 Å². The maximum Gasteiger partial charge on any atom is 0.274 e. The molecule has 0 aliphatic carbocycles. The number of hydrogen-bond donors (Lipinski definition) is 1. The molecular formula is C32H34N4O2. The number of benzene rings is 2. The number of hydrogen-bond acceptors (Lipinski definition) is 4. The summed E-state index contributed by atoms with van der Waals surface area (Å²) in [6, 6.07) is 22.1. The molecule has 2 aromatic carbocycles. The van der Waals surface area contributed by atoms with E-state index in [0.29, 0.717) is 24.2 Å². The van der Waals surface area contributed by atoms with Gasteiger partial charge in [-0.15, -0.1) is 0 Å². The normalized spacial score (nSPS) is 18.3. The van der Waals surface area contributed by atoms with E-state index in [4.69, 9.17) is 9.72 Å². The zero-order valence-electron chi connectivity index (χ0n) is 22.3. The van der Waals surface area contributed by atoms with Crippen molar-refractivity contribution in [1.29, 1.82) is 0 Å². The average Bonchev–Trinajstić information content (AvgIpc) is 3.43. The van der Waals surface area contributed by atoms with Crippen LogP contribution in [-0.2, 0) is 7.05 Å². The van der Waals surface area contributed by atoms with E-state index < -0.39 is 0 Å². The zero-order chi connectivity index (χ0) is 26.2. The highest BCUT2D eigenvalue weighted by Gasteiger charge is 2.24. The summed E-state index contributed by atoms with van der Waals surface area (Å²) in [5, 5.41) is 1.96. The molecule has 1 saturated heterocycles. The van der Waals surface area contributed by atoms with Gasteiger partial charge in [-0.05, 0) is 74.2 Å². The summed E-state index contributed by atoms with van der Waals surface area (Å²) in [5.41, 5.74) is 5.56. The summed E-state index contributed by atoms with van der Waals surface area (Å²) in [5.74, 6) is 0.909. The standard InChI is InChI=1S/C32H34N4O2/c1-21-5-4-6-22(2)36(21)17-18-38-26-11-7-23(8-12-26)24-9-13-29-25(19-24)10-14-30(34-29)28-20-35(3)32(37)31-27(28)15-16-33-31/h7-16,19-22,33H,4-6,17-18H2,1-3H3/t21-,22+. The molecule has 38 heavy (non-hydrogen) atoms. The number of fused-ring (bicyclic) bond motifs is 2. The molecule has 0 unspecified atom stereocenters. The van der Waals surface area contributed by atoms with Crippen molar-refractivity contribution in [3.8, 4) is 28.1 Å². The van der Waals surface area contributed by atoms with Crippen LogP contribution >= 0.6 is 0 Å². The highest BCUT2D eigenvalue weighted by molar-refractivity contribution is 5.95. The number of H-pyrrole nitrogens is 1. The number of rotatable bonds is 6. The molecule has 0 amide bonds. The van der Waals surface area contributed by atoms with Crippen LogP contribution in [-0.4, -0.2) is 44.7 Å². The lowest BCUT2D eigenvalue weighted by atomic mass is 9.98. The Morgan fingerprint density at radius 1 is 0.974 bits per heavy atom. The molecule has 6 heteroatoms. The lowest BCUT2D eigenvalue weighted by molar-refractivity contribution is 0.0851. The number of pyridine rings is 2. The molecule has 1 aliphatic rings. The summed E-state index contributed by atoms with van der Waals surface area (Å²) in [4.78, 5) is 23.0. The molecule has 4 heterocycles. The largest absolute Gasteiger partial charge is 0.492 e. The lowest BCUT2D eigenvalue weighted by Crippen LogP contribution is -2.45. The van der Waals surface area contributed by atoms with Crippen molar-refractivity contribution in [2.75, 3.05) is 13.2 Å². The molecule has 6 nitrogen and oxygen atoms in total. The Hall–Kier alpha value is -3.90. The van der Waals surface area contributed by atoms with Crippen molar-refractivity contribution in [2.45, 2.75) is 45.2 Å². The predicted molar refractivity (Wildman–Crippen MR) is 155 cm³/mol. The molecule has 1 aliphatic heterocycles. The smallest absolute Gasteiger partial charge is 0.274 e. The van der Waals surface area contributed by atoms with Gasteiger partial charge in [0.25, 0.3) is 5.56 Å². The van der Waals surface area contributed by atoms with Gasteiger partial charge in [-0.25, -0.2) is 4.98 Å². The number of likely N-dealkylation sites (tertiary alicyclic amines) is 1. The van der Waals surface area contributed by atoms with Crippen molar-refractivity contribution in [1.82, 2.24) is 19.4 Å². The van der Waals surface area contributed by atoms with Crippen molar-refractivity contribution >= 4 is 21.8 Å². The monoisotopic (exact) mass is 506 g/mol. The molecule has 2 atom stereocenters. The van der Waals surface area contributed by atoms with Gasteiger partial charge in [0.1, 0.15) is 17.9 Å². The summed E-state index contributed by atoms with van der Waals surface area (Å²) in [6.45, 7) is 6.34. The SMILES string of the molecule is C[C@@H]1CCC[C@H](C)N1CCOc1ccc(-c2ccc3nc(-c4cn(C)c(=O)c5[nH]ccc45)ccc3c2)cc1. The third-order valence-electron chi connectivity index (χ3n) is 8.04.